The first-order valence-corrected chi connectivity index (χ1v) is 6.15. The van der Waals surface area contributed by atoms with Crippen molar-refractivity contribution >= 4 is 34.4 Å². The van der Waals surface area contributed by atoms with Gasteiger partial charge in [-0.2, -0.15) is 0 Å². The molecule has 0 aliphatic rings. The Morgan fingerprint density at radius 2 is 2.15 bits per heavy atom. The molecule has 0 fully saturated rings. The summed E-state index contributed by atoms with van der Waals surface area (Å²) in [4.78, 5) is 22.8. The zero-order valence-corrected chi connectivity index (χ0v) is 11.3. The minimum absolute atomic E-state index is 0.00182. The van der Waals surface area contributed by atoms with E-state index in [4.69, 9.17) is 26.2 Å². The number of aryl methyl sites for hydroxylation is 1. The molecule has 1 aromatic heterocycles. The second kappa shape index (κ2) is 5.52. The van der Waals surface area contributed by atoms with Gasteiger partial charge in [0.05, 0.1) is 6.61 Å². The van der Waals surface area contributed by atoms with Crippen LogP contribution in [0.1, 0.15) is 16.1 Å². The molecule has 0 spiro atoms. The molecular weight excluding hydrogens is 286 g/mol. The molecule has 0 aliphatic carbocycles. The molecule has 0 radical (unpaired) electrons. The highest BCUT2D eigenvalue weighted by molar-refractivity contribution is 6.31. The number of rotatable bonds is 4. The van der Waals surface area contributed by atoms with E-state index < -0.39 is 24.5 Å². The zero-order valence-electron chi connectivity index (χ0n) is 10.5. The van der Waals surface area contributed by atoms with Crippen molar-refractivity contribution in [2.24, 2.45) is 0 Å². The highest BCUT2D eigenvalue weighted by atomic mass is 35.5. The van der Waals surface area contributed by atoms with Crippen LogP contribution in [-0.4, -0.2) is 34.7 Å². The van der Waals surface area contributed by atoms with Gasteiger partial charge in [-0.25, -0.2) is 4.79 Å². The van der Waals surface area contributed by atoms with Gasteiger partial charge in [0.1, 0.15) is 5.58 Å². The molecule has 1 aromatic carbocycles. The van der Waals surface area contributed by atoms with Crippen molar-refractivity contribution in [2.45, 2.75) is 13.0 Å². The predicted octanol–water partition coefficient (Wildman–Crippen LogP) is 1.57. The van der Waals surface area contributed by atoms with Crippen molar-refractivity contribution in [3.63, 3.8) is 0 Å². The summed E-state index contributed by atoms with van der Waals surface area (Å²) in [5.74, 6) is -2.02. The van der Waals surface area contributed by atoms with Gasteiger partial charge in [0.25, 0.3) is 5.91 Å². The molecule has 0 aliphatic heterocycles. The highest BCUT2D eigenvalue weighted by Gasteiger charge is 2.24. The summed E-state index contributed by atoms with van der Waals surface area (Å²) in [6, 6.07) is 3.54. The summed E-state index contributed by atoms with van der Waals surface area (Å²) >= 11 is 5.87. The van der Waals surface area contributed by atoms with Gasteiger partial charge >= 0.3 is 5.97 Å². The number of aliphatic hydroxyl groups excluding tert-OH is 1. The maximum absolute atomic E-state index is 12.0. The fourth-order valence-corrected chi connectivity index (χ4v) is 1.99. The number of amides is 1. The molecule has 20 heavy (non-hydrogen) atoms. The normalized spacial score (nSPS) is 12.3. The molecule has 3 N–H and O–H groups in total. The Labute approximate surface area is 118 Å². The molecule has 7 heteroatoms. The molecule has 1 unspecified atom stereocenters. The maximum atomic E-state index is 12.0. The smallest absolute Gasteiger partial charge is 0.328 e. The lowest BCUT2D eigenvalue weighted by atomic mass is 10.1. The third-order valence-electron chi connectivity index (χ3n) is 2.89. The van der Waals surface area contributed by atoms with Crippen LogP contribution in [0.15, 0.2) is 22.6 Å². The number of furan rings is 1. The second-order valence-electron chi connectivity index (χ2n) is 4.24. The largest absolute Gasteiger partial charge is 0.480 e. The first-order valence-electron chi connectivity index (χ1n) is 5.77. The van der Waals surface area contributed by atoms with E-state index in [1.54, 1.807) is 25.1 Å². The van der Waals surface area contributed by atoms with Crippen molar-refractivity contribution in [1.82, 2.24) is 5.32 Å². The van der Waals surface area contributed by atoms with Crippen LogP contribution in [-0.2, 0) is 4.79 Å². The van der Waals surface area contributed by atoms with E-state index >= 15 is 0 Å². The molecule has 106 valence electrons. The fraction of sp³-hybridized carbons (Fsp3) is 0.231. The topological polar surface area (TPSA) is 99.8 Å². The van der Waals surface area contributed by atoms with Gasteiger partial charge in [0, 0.05) is 16.0 Å². The van der Waals surface area contributed by atoms with Crippen LogP contribution in [0.25, 0.3) is 11.0 Å². The lowest BCUT2D eigenvalue weighted by molar-refractivity contribution is -0.140. The van der Waals surface area contributed by atoms with Crippen molar-refractivity contribution in [1.29, 1.82) is 0 Å². The third-order valence-corrected chi connectivity index (χ3v) is 3.13. The van der Waals surface area contributed by atoms with E-state index in [1.807, 2.05) is 0 Å². The number of carbonyl (C=O) groups is 2. The predicted molar refractivity (Wildman–Crippen MR) is 71.9 cm³/mol. The summed E-state index contributed by atoms with van der Waals surface area (Å²) in [6.45, 7) is 0.970. The van der Waals surface area contributed by atoms with Gasteiger partial charge in [-0.15, -0.1) is 0 Å². The molecular formula is C13H12ClNO5. The average molecular weight is 298 g/mol. The van der Waals surface area contributed by atoms with Crippen molar-refractivity contribution in [3.05, 3.63) is 34.5 Å². The maximum Gasteiger partial charge on any atom is 0.328 e. The number of carboxylic acid groups (broad SMARTS) is 1. The number of carboxylic acids is 1. The number of aliphatic hydroxyl groups is 1. The standard InChI is InChI=1S/C13H12ClNO5/c1-6-8-4-7(14)2-3-10(8)20-11(6)12(17)15-9(5-16)13(18)19/h2-4,9,16H,5H2,1H3,(H,15,17)(H,18,19). The zero-order chi connectivity index (χ0) is 14.9. The molecule has 2 rings (SSSR count). The molecule has 1 heterocycles. The minimum Gasteiger partial charge on any atom is -0.480 e. The summed E-state index contributed by atoms with van der Waals surface area (Å²) in [6.07, 6.45) is 0. The van der Waals surface area contributed by atoms with Gasteiger partial charge in [0.15, 0.2) is 11.8 Å². The lowest BCUT2D eigenvalue weighted by Gasteiger charge is -2.10. The third kappa shape index (κ3) is 2.61. The van der Waals surface area contributed by atoms with E-state index in [2.05, 4.69) is 5.32 Å². The molecule has 0 bridgehead atoms. The van der Waals surface area contributed by atoms with Gasteiger partial charge in [0.2, 0.25) is 0 Å². The number of benzene rings is 1. The first-order chi connectivity index (χ1) is 9.43. The van der Waals surface area contributed by atoms with E-state index in [1.165, 1.54) is 0 Å². The highest BCUT2D eigenvalue weighted by Crippen LogP contribution is 2.27. The number of halogens is 1. The number of aliphatic carboxylic acids is 1. The van der Waals surface area contributed by atoms with Gasteiger partial charge in [-0.3, -0.25) is 4.79 Å². The Morgan fingerprint density at radius 3 is 2.75 bits per heavy atom. The van der Waals surface area contributed by atoms with Crippen LogP contribution >= 0.6 is 11.6 Å². The molecule has 2 aromatic rings. The number of carbonyl (C=O) groups excluding carboxylic acids is 1. The van der Waals surface area contributed by atoms with Crippen LogP contribution in [0.2, 0.25) is 5.02 Å². The van der Waals surface area contributed by atoms with E-state index in [0.717, 1.165) is 0 Å². The fourth-order valence-electron chi connectivity index (χ4n) is 1.82. The molecule has 0 saturated heterocycles. The minimum atomic E-state index is -1.38. The SMILES string of the molecule is Cc1c(C(=O)NC(CO)C(=O)O)oc2ccc(Cl)cc12. The van der Waals surface area contributed by atoms with E-state index in [0.29, 0.717) is 21.6 Å². The Kier molecular flexibility index (Phi) is 3.96. The first kappa shape index (κ1) is 14.4. The van der Waals surface area contributed by atoms with Gasteiger partial charge in [-0.05, 0) is 25.1 Å². The van der Waals surface area contributed by atoms with Crippen LogP contribution in [0.3, 0.4) is 0 Å². The Bertz CT molecular complexity index is 679. The van der Waals surface area contributed by atoms with Crippen molar-refractivity contribution in [2.75, 3.05) is 6.61 Å². The number of fused-ring (bicyclic) bond motifs is 1. The van der Waals surface area contributed by atoms with Crippen LogP contribution in [0.4, 0.5) is 0 Å². The Hall–Kier alpha value is -2.05. The lowest BCUT2D eigenvalue weighted by Crippen LogP contribution is -2.43. The van der Waals surface area contributed by atoms with Gasteiger partial charge < -0.3 is 19.9 Å². The monoisotopic (exact) mass is 297 g/mol. The number of nitrogens with one attached hydrogen (secondary N) is 1. The van der Waals surface area contributed by atoms with E-state index in [-0.39, 0.29) is 5.76 Å². The summed E-state index contributed by atoms with van der Waals surface area (Å²) in [5, 5.41) is 21.1. The quantitative estimate of drug-likeness (QED) is 0.795. The summed E-state index contributed by atoms with van der Waals surface area (Å²) in [5.41, 5.74) is 1.04. The Morgan fingerprint density at radius 1 is 1.45 bits per heavy atom. The second-order valence-corrected chi connectivity index (χ2v) is 4.68. The van der Waals surface area contributed by atoms with Gasteiger partial charge in [-0.1, -0.05) is 11.6 Å². The molecule has 0 saturated carbocycles. The Balaban J connectivity index is 2.35. The summed E-state index contributed by atoms with van der Waals surface area (Å²) in [7, 11) is 0. The average Bonchev–Trinajstić information content (AvgIpc) is 2.73. The van der Waals surface area contributed by atoms with Crippen LogP contribution < -0.4 is 5.32 Å². The number of hydrogen-bond donors (Lipinski definition) is 3. The summed E-state index contributed by atoms with van der Waals surface area (Å²) < 4.78 is 5.40. The van der Waals surface area contributed by atoms with Crippen molar-refractivity contribution < 1.29 is 24.2 Å². The number of hydrogen-bond acceptors (Lipinski definition) is 4. The van der Waals surface area contributed by atoms with Crippen LogP contribution in [0, 0.1) is 6.92 Å². The molecule has 1 amide bonds. The van der Waals surface area contributed by atoms with Crippen molar-refractivity contribution in [3.8, 4) is 0 Å². The van der Waals surface area contributed by atoms with Crippen LogP contribution in [0.5, 0.6) is 0 Å². The molecule has 1 atom stereocenters. The van der Waals surface area contributed by atoms with E-state index in [9.17, 15) is 9.59 Å². The molecule has 6 nitrogen and oxygen atoms in total.